The van der Waals surface area contributed by atoms with Gasteiger partial charge in [-0.25, -0.2) is 4.79 Å². The van der Waals surface area contributed by atoms with E-state index in [9.17, 15) is 14.4 Å². The maximum absolute atomic E-state index is 12.9. The minimum absolute atomic E-state index is 0.0724. The van der Waals surface area contributed by atoms with Crippen LogP contribution in [0.15, 0.2) is 54.6 Å². The fourth-order valence-electron chi connectivity index (χ4n) is 5.06. The molecule has 1 aliphatic heterocycles. The normalized spacial score (nSPS) is 28.5. The number of ether oxygens (including phenoxy) is 1. The van der Waals surface area contributed by atoms with Crippen molar-refractivity contribution in [3.63, 3.8) is 0 Å². The number of esters is 1. The number of hydrogen-bond donors (Lipinski definition) is 0. The van der Waals surface area contributed by atoms with E-state index in [0.717, 1.165) is 19.3 Å². The quantitative estimate of drug-likeness (QED) is 0.477. The summed E-state index contributed by atoms with van der Waals surface area (Å²) in [6, 6.07) is 15.4. The minimum Gasteiger partial charge on any atom is -0.423 e. The number of carbonyl (C=O) groups excluding carboxylic acids is 3. The van der Waals surface area contributed by atoms with E-state index in [1.165, 1.54) is 4.90 Å². The van der Waals surface area contributed by atoms with Gasteiger partial charge in [0.25, 0.3) is 0 Å². The van der Waals surface area contributed by atoms with E-state index >= 15 is 0 Å². The maximum Gasteiger partial charge on any atom is 0.343 e. The smallest absolute Gasteiger partial charge is 0.343 e. The first-order chi connectivity index (χ1) is 13.1. The SMILES string of the molecule is O=C(Oc1ccccc1)c1ccc(N2C(=O)[C@@H]3[C@H]4CC[C@@H](C4)[C@H]3C2=O)cc1. The molecule has 2 amide bonds. The average Bonchev–Trinajstić information content (AvgIpc) is 3.37. The molecule has 5 heteroatoms. The lowest BCUT2D eigenvalue weighted by atomic mass is 9.81. The molecule has 0 N–H and O–H groups in total. The highest BCUT2D eigenvalue weighted by Gasteiger charge is 2.61. The molecule has 2 aliphatic carbocycles. The summed E-state index contributed by atoms with van der Waals surface area (Å²) < 4.78 is 5.32. The molecule has 0 unspecified atom stereocenters. The molecule has 2 aromatic carbocycles. The number of hydrogen-bond acceptors (Lipinski definition) is 4. The van der Waals surface area contributed by atoms with Crippen molar-refractivity contribution in [1.29, 1.82) is 0 Å². The van der Waals surface area contributed by atoms with Gasteiger partial charge in [0, 0.05) is 0 Å². The second-order valence-electron chi connectivity index (χ2n) is 7.65. The number of rotatable bonds is 3. The Bertz CT molecular complexity index is 893. The highest BCUT2D eigenvalue weighted by molar-refractivity contribution is 6.22. The second kappa shape index (κ2) is 6.05. The molecule has 136 valence electrons. The number of carbonyl (C=O) groups is 3. The van der Waals surface area contributed by atoms with E-state index < -0.39 is 5.97 Å². The first-order valence-corrected chi connectivity index (χ1v) is 9.38. The predicted octanol–water partition coefficient (Wildman–Crippen LogP) is 3.44. The predicted molar refractivity (Wildman–Crippen MR) is 98.1 cm³/mol. The average molecular weight is 361 g/mol. The monoisotopic (exact) mass is 361 g/mol. The van der Waals surface area contributed by atoms with Crippen LogP contribution < -0.4 is 9.64 Å². The van der Waals surface area contributed by atoms with Crippen molar-refractivity contribution in [3.8, 4) is 5.75 Å². The van der Waals surface area contributed by atoms with Crippen LogP contribution in [0, 0.1) is 23.7 Å². The molecular weight excluding hydrogens is 342 g/mol. The lowest BCUT2D eigenvalue weighted by Gasteiger charge is -2.19. The number of para-hydroxylation sites is 1. The van der Waals surface area contributed by atoms with Crippen LogP contribution in [0.25, 0.3) is 0 Å². The third kappa shape index (κ3) is 2.49. The Morgan fingerprint density at radius 3 is 2.04 bits per heavy atom. The lowest BCUT2D eigenvalue weighted by molar-refractivity contribution is -0.123. The van der Waals surface area contributed by atoms with Gasteiger partial charge >= 0.3 is 5.97 Å². The van der Waals surface area contributed by atoms with Crippen LogP contribution in [0.2, 0.25) is 0 Å². The summed E-state index contributed by atoms with van der Waals surface area (Å²) in [5.74, 6) is 0.302. The van der Waals surface area contributed by atoms with Crippen molar-refractivity contribution in [1.82, 2.24) is 0 Å². The van der Waals surface area contributed by atoms with Gasteiger partial charge in [0.2, 0.25) is 11.8 Å². The van der Waals surface area contributed by atoms with Crippen molar-refractivity contribution in [2.75, 3.05) is 4.90 Å². The molecule has 0 radical (unpaired) electrons. The zero-order valence-corrected chi connectivity index (χ0v) is 14.7. The summed E-state index contributed by atoms with van der Waals surface area (Å²) >= 11 is 0. The molecule has 5 nitrogen and oxygen atoms in total. The first-order valence-electron chi connectivity index (χ1n) is 9.38. The van der Waals surface area contributed by atoms with Gasteiger partial charge in [-0.3, -0.25) is 14.5 Å². The van der Waals surface area contributed by atoms with Crippen molar-refractivity contribution < 1.29 is 19.1 Å². The van der Waals surface area contributed by atoms with E-state index in [0.29, 0.717) is 28.8 Å². The van der Waals surface area contributed by atoms with Crippen LogP contribution in [0.4, 0.5) is 5.69 Å². The Kier molecular flexibility index (Phi) is 3.64. The summed E-state index contributed by atoms with van der Waals surface area (Å²) in [5.41, 5.74) is 0.914. The Labute approximate surface area is 156 Å². The molecule has 1 saturated heterocycles. The zero-order chi connectivity index (χ0) is 18.5. The molecule has 2 aromatic rings. The molecule has 0 aromatic heterocycles. The lowest BCUT2D eigenvalue weighted by Crippen LogP contribution is -2.32. The maximum atomic E-state index is 12.9. The number of fused-ring (bicyclic) bond motifs is 5. The van der Waals surface area contributed by atoms with Crippen LogP contribution in [-0.4, -0.2) is 17.8 Å². The van der Waals surface area contributed by atoms with E-state index in [1.54, 1.807) is 48.5 Å². The van der Waals surface area contributed by atoms with E-state index in [-0.39, 0.29) is 23.7 Å². The minimum atomic E-state index is -0.471. The van der Waals surface area contributed by atoms with Crippen LogP contribution in [0.1, 0.15) is 29.6 Å². The summed E-state index contributed by atoms with van der Waals surface area (Å²) in [6.45, 7) is 0. The van der Waals surface area contributed by atoms with Gasteiger partial charge in [-0.15, -0.1) is 0 Å². The van der Waals surface area contributed by atoms with Crippen molar-refractivity contribution in [2.45, 2.75) is 19.3 Å². The molecule has 27 heavy (non-hydrogen) atoms. The third-order valence-electron chi connectivity index (χ3n) is 6.24. The molecule has 1 heterocycles. The second-order valence-corrected chi connectivity index (χ2v) is 7.65. The molecule has 2 saturated carbocycles. The third-order valence-corrected chi connectivity index (χ3v) is 6.24. The molecule has 3 fully saturated rings. The van der Waals surface area contributed by atoms with E-state index in [1.807, 2.05) is 6.07 Å². The molecule has 4 atom stereocenters. The van der Waals surface area contributed by atoms with Gasteiger partial charge in [0.05, 0.1) is 23.1 Å². The van der Waals surface area contributed by atoms with Crippen molar-refractivity contribution in [2.24, 2.45) is 23.7 Å². The van der Waals surface area contributed by atoms with Crippen molar-refractivity contribution in [3.05, 3.63) is 60.2 Å². The van der Waals surface area contributed by atoms with Gasteiger partial charge < -0.3 is 4.74 Å². The number of benzene rings is 2. The highest BCUT2D eigenvalue weighted by atomic mass is 16.5. The number of nitrogens with zero attached hydrogens (tertiary/aromatic N) is 1. The van der Waals surface area contributed by atoms with Gasteiger partial charge in [0.1, 0.15) is 5.75 Å². The van der Waals surface area contributed by atoms with Crippen LogP contribution in [-0.2, 0) is 9.59 Å². The van der Waals surface area contributed by atoms with Gasteiger partial charge in [-0.05, 0) is 67.5 Å². The fraction of sp³-hybridized carbons (Fsp3) is 0.318. The van der Waals surface area contributed by atoms with E-state index in [4.69, 9.17) is 4.74 Å². The summed E-state index contributed by atoms with van der Waals surface area (Å²) in [4.78, 5) is 39.3. The Balaban J connectivity index is 1.36. The number of anilines is 1. The first kappa shape index (κ1) is 16.2. The summed E-state index contributed by atoms with van der Waals surface area (Å²) in [6.07, 6.45) is 3.14. The molecular formula is C22H19NO4. The van der Waals surface area contributed by atoms with Gasteiger partial charge in [0.15, 0.2) is 0 Å². The fourth-order valence-corrected chi connectivity index (χ4v) is 5.06. The zero-order valence-electron chi connectivity index (χ0n) is 14.7. The topological polar surface area (TPSA) is 63.7 Å². The van der Waals surface area contributed by atoms with Crippen LogP contribution in [0.3, 0.4) is 0 Å². The number of imide groups is 1. The summed E-state index contributed by atoms with van der Waals surface area (Å²) in [7, 11) is 0. The largest absolute Gasteiger partial charge is 0.423 e. The molecule has 5 rings (SSSR count). The Hall–Kier alpha value is -2.95. The van der Waals surface area contributed by atoms with Crippen LogP contribution >= 0.6 is 0 Å². The van der Waals surface area contributed by atoms with E-state index in [2.05, 4.69) is 0 Å². The molecule has 3 aliphatic rings. The molecule has 0 spiro atoms. The van der Waals surface area contributed by atoms with Gasteiger partial charge in [-0.2, -0.15) is 0 Å². The highest BCUT2D eigenvalue weighted by Crippen LogP contribution is 2.56. The summed E-state index contributed by atoms with van der Waals surface area (Å²) in [5, 5.41) is 0. The van der Waals surface area contributed by atoms with Gasteiger partial charge in [-0.1, -0.05) is 18.2 Å². The van der Waals surface area contributed by atoms with Crippen molar-refractivity contribution >= 4 is 23.5 Å². The Morgan fingerprint density at radius 1 is 0.852 bits per heavy atom. The Morgan fingerprint density at radius 2 is 1.44 bits per heavy atom. The number of amides is 2. The standard InChI is InChI=1S/C22H19NO4/c24-20-18-14-6-7-15(12-14)19(18)21(25)23(20)16-10-8-13(9-11-16)22(26)27-17-4-2-1-3-5-17/h1-5,8-11,14-15,18-19H,6-7,12H2/t14-,15-,18+,19+/m0/s1. The van der Waals surface area contributed by atoms with Crippen LogP contribution in [0.5, 0.6) is 5.75 Å². The molecule has 2 bridgehead atoms.